The van der Waals surface area contributed by atoms with E-state index in [0.29, 0.717) is 26.4 Å². The molecule has 0 saturated heterocycles. The van der Waals surface area contributed by atoms with Crippen molar-refractivity contribution in [3.8, 4) is 23.0 Å². The Balaban J connectivity index is 1.39. The molecule has 6 rings (SSSR count). The summed E-state index contributed by atoms with van der Waals surface area (Å²) in [7, 11) is 3.34. The summed E-state index contributed by atoms with van der Waals surface area (Å²) in [5, 5.41) is 7.74. The molecule has 0 saturated carbocycles. The van der Waals surface area contributed by atoms with E-state index in [2.05, 4.69) is 48.5 Å². The normalized spacial score (nSPS) is 11.4. The number of benzene rings is 6. The summed E-state index contributed by atoms with van der Waals surface area (Å²) in [6.07, 6.45) is 0. The second kappa shape index (κ2) is 12.3. The number of ether oxygens (including phenoxy) is 6. The van der Waals surface area contributed by atoms with Crippen molar-refractivity contribution in [3.63, 3.8) is 0 Å². The molecule has 6 nitrogen and oxygen atoms in total. The van der Waals surface area contributed by atoms with Crippen LogP contribution in [0.4, 0.5) is 0 Å². The van der Waals surface area contributed by atoms with Crippen molar-refractivity contribution >= 4 is 43.1 Å². The number of hydrogen-bond acceptors (Lipinski definition) is 6. The summed E-state index contributed by atoms with van der Waals surface area (Å²) in [6.45, 7) is 1.95. The first-order valence-electron chi connectivity index (χ1n) is 13.7. The van der Waals surface area contributed by atoms with Crippen LogP contribution in [-0.4, -0.2) is 47.4 Å². The Bertz CT molecular complexity index is 1570. The predicted molar refractivity (Wildman–Crippen MR) is 164 cm³/mol. The molecule has 41 heavy (non-hydrogen) atoms. The van der Waals surface area contributed by atoms with Gasteiger partial charge in [0.05, 0.1) is 13.2 Å². The third-order valence-corrected chi connectivity index (χ3v) is 7.14. The van der Waals surface area contributed by atoms with Gasteiger partial charge in [0, 0.05) is 57.3 Å². The molecule has 208 valence electrons. The van der Waals surface area contributed by atoms with Crippen LogP contribution in [0.1, 0.15) is 0 Å². The van der Waals surface area contributed by atoms with Gasteiger partial charge in [-0.2, -0.15) is 0 Å². The van der Waals surface area contributed by atoms with E-state index in [9.17, 15) is 0 Å². The minimum atomic E-state index is 0.0235. The smallest absolute Gasteiger partial charge is 0.231 e. The van der Waals surface area contributed by atoms with Crippen molar-refractivity contribution < 1.29 is 28.4 Å². The lowest BCUT2D eigenvalue weighted by atomic mass is 10.0. The number of fused-ring (bicyclic) bond motifs is 4. The van der Waals surface area contributed by atoms with E-state index in [1.165, 1.54) is 0 Å². The van der Waals surface area contributed by atoms with E-state index in [1.54, 1.807) is 14.2 Å². The second-order valence-electron chi connectivity index (χ2n) is 9.59. The van der Waals surface area contributed by atoms with Gasteiger partial charge in [-0.15, -0.1) is 0 Å². The highest BCUT2D eigenvalue weighted by atomic mass is 16.7. The summed E-state index contributed by atoms with van der Waals surface area (Å²) in [5.74, 6) is 3.15. The molecule has 0 aromatic heterocycles. The van der Waals surface area contributed by atoms with Crippen LogP contribution in [0.15, 0.2) is 97.1 Å². The third kappa shape index (κ3) is 5.20. The van der Waals surface area contributed by atoms with Crippen molar-refractivity contribution in [2.24, 2.45) is 0 Å². The Morgan fingerprint density at radius 3 is 0.829 bits per heavy atom. The van der Waals surface area contributed by atoms with Gasteiger partial charge in [0.1, 0.15) is 36.2 Å². The Hall–Kier alpha value is -4.52. The van der Waals surface area contributed by atoms with Gasteiger partial charge < -0.3 is 28.4 Å². The molecule has 6 heteroatoms. The molecule has 0 spiro atoms. The first-order valence-corrected chi connectivity index (χ1v) is 13.7. The highest BCUT2D eigenvalue weighted by Crippen LogP contribution is 2.44. The molecular weight excluding hydrogens is 516 g/mol. The summed E-state index contributed by atoms with van der Waals surface area (Å²) in [6, 6.07) is 32.5. The minimum Gasteiger partial charge on any atom is -0.490 e. The molecule has 0 N–H and O–H groups in total. The van der Waals surface area contributed by atoms with E-state index in [-0.39, 0.29) is 6.79 Å². The van der Waals surface area contributed by atoms with Gasteiger partial charge in [0.25, 0.3) is 0 Å². The van der Waals surface area contributed by atoms with Gasteiger partial charge in [-0.05, 0) is 0 Å². The molecule has 0 amide bonds. The Kier molecular flexibility index (Phi) is 8.03. The predicted octanol–water partition coefficient (Wildman–Crippen LogP) is 7.77. The van der Waals surface area contributed by atoms with Crippen LogP contribution in [0.3, 0.4) is 0 Å². The molecule has 0 unspecified atom stereocenters. The molecular formula is C35H32O6. The number of hydrogen-bond donors (Lipinski definition) is 0. The monoisotopic (exact) mass is 548 g/mol. The molecule has 0 bridgehead atoms. The Morgan fingerprint density at radius 1 is 0.341 bits per heavy atom. The van der Waals surface area contributed by atoms with Crippen LogP contribution in [0.25, 0.3) is 43.1 Å². The van der Waals surface area contributed by atoms with Crippen molar-refractivity contribution in [2.45, 2.75) is 0 Å². The van der Waals surface area contributed by atoms with Gasteiger partial charge in [-0.3, -0.25) is 0 Å². The van der Waals surface area contributed by atoms with E-state index < -0.39 is 0 Å². The molecule has 6 aromatic carbocycles. The lowest BCUT2D eigenvalue weighted by Crippen LogP contribution is -2.09. The maximum absolute atomic E-state index is 6.47. The van der Waals surface area contributed by atoms with Crippen LogP contribution in [0, 0.1) is 0 Å². The fourth-order valence-corrected chi connectivity index (χ4v) is 5.32. The fraction of sp³-hybridized carbons (Fsp3) is 0.200. The van der Waals surface area contributed by atoms with Crippen LogP contribution in [0.2, 0.25) is 0 Å². The molecule has 0 aliphatic heterocycles. The fourth-order valence-electron chi connectivity index (χ4n) is 5.32. The van der Waals surface area contributed by atoms with Crippen molar-refractivity contribution in [1.82, 2.24) is 0 Å². The lowest BCUT2D eigenvalue weighted by Gasteiger charge is -2.20. The maximum atomic E-state index is 6.47. The Morgan fingerprint density at radius 2 is 0.585 bits per heavy atom. The van der Waals surface area contributed by atoms with Crippen molar-refractivity contribution in [2.75, 3.05) is 47.4 Å². The zero-order valence-electron chi connectivity index (χ0n) is 23.2. The average Bonchev–Trinajstić information content (AvgIpc) is 3.02. The second-order valence-corrected chi connectivity index (χ2v) is 9.59. The van der Waals surface area contributed by atoms with Gasteiger partial charge in [0.2, 0.25) is 6.79 Å². The van der Waals surface area contributed by atoms with Crippen molar-refractivity contribution in [1.29, 1.82) is 0 Å². The topological polar surface area (TPSA) is 55.4 Å². The third-order valence-electron chi connectivity index (χ3n) is 7.14. The first-order chi connectivity index (χ1) is 20.3. The number of methoxy groups -OCH3 is 2. The molecule has 0 aliphatic carbocycles. The summed E-state index contributed by atoms with van der Waals surface area (Å²) >= 11 is 0. The van der Waals surface area contributed by atoms with Gasteiger partial charge in [-0.25, -0.2) is 0 Å². The largest absolute Gasteiger partial charge is 0.490 e. The lowest BCUT2D eigenvalue weighted by molar-refractivity contribution is 0.126. The molecule has 6 aromatic rings. The van der Waals surface area contributed by atoms with Crippen LogP contribution in [0.5, 0.6) is 23.0 Å². The van der Waals surface area contributed by atoms with E-state index in [1.807, 2.05) is 48.5 Å². The van der Waals surface area contributed by atoms with Crippen LogP contribution < -0.4 is 18.9 Å². The molecule has 0 atom stereocenters. The van der Waals surface area contributed by atoms with E-state index in [4.69, 9.17) is 28.4 Å². The Labute approximate surface area is 238 Å². The summed E-state index contributed by atoms with van der Waals surface area (Å²) < 4.78 is 35.8. The van der Waals surface area contributed by atoms with Gasteiger partial charge >= 0.3 is 0 Å². The SMILES string of the molecule is COCCOc1c2ccccc2c(OCOc2c3ccccc3c(OCCOC)c3ccccc23)c2ccccc12. The standard InChI is InChI=1S/C35H32O6/c1-36-19-21-38-32-24-11-3-7-15-28(24)34(29-16-8-4-12-25(29)32)40-23-41-35-30-17-9-5-13-26(30)33(39-22-20-37-2)27-14-6-10-18-31(27)35/h3-18H,19-23H2,1-2H3. The minimum absolute atomic E-state index is 0.0235. The highest BCUT2D eigenvalue weighted by Gasteiger charge is 2.18. The molecule has 0 heterocycles. The maximum Gasteiger partial charge on any atom is 0.231 e. The van der Waals surface area contributed by atoms with Gasteiger partial charge in [-0.1, -0.05) is 97.1 Å². The van der Waals surface area contributed by atoms with E-state index >= 15 is 0 Å². The number of rotatable bonds is 12. The summed E-state index contributed by atoms with van der Waals surface area (Å²) in [5.41, 5.74) is 0. The zero-order valence-corrected chi connectivity index (χ0v) is 23.2. The van der Waals surface area contributed by atoms with Crippen LogP contribution in [-0.2, 0) is 9.47 Å². The molecule has 0 radical (unpaired) electrons. The highest BCUT2D eigenvalue weighted by molar-refractivity contribution is 6.12. The van der Waals surface area contributed by atoms with E-state index in [0.717, 1.165) is 66.1 Å². The summed E-state index contributed by atoms with van der Waals surface area (Å²) in [4.78, 5) is 0. The molecule has 0 aliphatic rings. The van der Waals surface area contributed by atoms with Crippen LogP contribution >= 0.6 is 0 Å². The average molecular weight is 549 g/mol. The quantitative estimate of drug-likeness (QED) is 0.0885. The first kappa shape index (κ1) is 26.7. The zero-order chi connectivity index (χ0) is 28.0. The van der Waals surface area contributed by atoms with Crippen molar-refractivity contribution in [3.05, 3.63) is 97.1 Å². The molecule has 0 fully saturated rings. The van der Waals surface area contributed by atoms with Gasteiger partial charge in [0.15, 0.2) is 0 Å².